The van der Waals surface area contributed by atoms with Gasteiger partial charge in [-0.3, -0.25) is 4.79 Å². The number of hydrogen-bond donors (Lipinski definition) is 3. The van der Waals surface area contributed by atoms with Crippen LogP contribution in [0.15, 0.2) is 24.3 Å². The van der Waals surface area contributed by atoms with Crippen molar-refractivity contribution in [2.75, 3.05) is 32.7 Å². The minimum absolute atomic E-state index is 0.00448. The summed E-state index contributed by atoms with van der Waals surface area (Å²) in [4.78, 5) is 38.9. The van der Waals surface area contributed by atoms with Gasteiger partial charge in [-0.2, -0.15) is 0 Å². The van der Waals surface area contributed by atoms with Gasteiger partial charge in [0.1, 0.15) is 5.60 Å². The van der Waals surface area contributed by atoms with Gasteiger partial charge < -0.3 is 30.9 Å². The molecule has 9 nitrogen and oxygen atoms in total. The Balaban J connectivity index is 1.72. The molecule has 0 aliphatic carbocycles. The van der Waals surface area contributed by atoms with E-state index >= 15 is 0 Å². The highest BCUT2D eigenvalue weighted by Gasteiger charge is 2.23. The maximum Gasteiger partial charge on any atom is 0.407 e. The van der Waals surface area contributed by atoms with Gasteiger partial charge >= 0.3 is 12.1 Å². The van der Waals surface area contributed by atoms with Crippen molar-refractivity contribution in [2.45, 2.75) is 39.5 Å². The molecule has 0 saturated carbocycles. The molecule has 1 saturated heterocycles. The van der Waals surface area contributed by atoms with E-state index in [2.05, 4.69) is 10.6 Å². The number of nitrogens with zero attached hydrogens (tertiary/aromatic N) is 2. The largest absolute Gasteiger partial charge is 0.444 e. The fourth-order valence-electron chi connectivity index (χ4n) is 2.84. The van der Waals surface area contributed by atoms with Gasteiger partial charge in [-0.1, -0.05) is 24.3 Å². The summed E-state index contributed by atoms with van der Waals surface area (Å²) in [5, 5.41) is 5.60. The molecule has 0 unspecified atom stereocenters. The Kier molecular flexibility index (Phi) is 7.83. The van der Waals surface area contributed by atoms with Crippen LogP contribution in [-0.2, 0) is 22.6 Å². The van der Waals surface area contributed by atoms with E-state index in [0.29, 0.717) is 39.3 Å². The number of rotatable bonds is 5. The highest BCUT2D eigenvalue weighted by molar-refractivity contribution is 5.79. The van der Waals surface area contributed by atoms with Crippen molar-refractivity contribution >= 4 is 18.0 Å². The number of ether oxygens (including phenoxy) is 1. The number of nitrogens with one attached hydrogen (secondary N) is 2. The summed E-state index contributed by atoms with van der Waals surface area (Å²) in [6.07, 6.45) is -0.456. The first kappa shape index (κ1) is 22.5. The molecular weight excluding hydrogens is 374 g/mol. The molecule has 9 heteroatoms. The number of hydrogen-bond acceptors (Lipinski definition) is 5. The van der Waals surface area contributed by atoms with Crippen LogP contribution in [0, 0.1) is 0 Å². The molecule has 160 valence electrons. The Hall–Kier alpha value is -2.81. The van der Waals surface area contributed by atoms with Crippen molar-refractivity contribution in [3.05, 3.63) is 35.4 Å². The van der Waals surface area contributed by atoms with Crippen LogP contribution in [0.5, 0.6) is 0 Å². The third-order valence-corrected chi connectivity index (χ3v) is 4.40. The van der Waals surface area contributed by atoms with Gasteiger partial charge in [0.25, 0.3) is 0 Å². The Morgan fingerprint density at radius 1 is 0.931 bits per heavy atom. The van der Waals surface area contributed by atoms with Crippen molar-refractivity contribution in [3.8, 4) is 0 Å². The molecule has 1 aromatic carbocycles. The summed E-state index contributed by atoms with van der Waals surface area (Å²) in [6, 6.07) is 7.46. The van der Waals surface area contributed by atoms with E-state index in [9.17, 15) is 14.4 Å². The molecule has 0 radical (unpaired) electrons. The second-order valence-corrected chi connectivity index (χ2v) is 7.90. The average Bonchev–Trinajstić information content (AvgIpc) is 2.69. The number of piperazine rings is 1. The molecule has 0 bridgehead atoms. The monoisotopic (exact) mass is 405 g/mol. The lowest BCUT2D eigenvalue weighted by Gasteiger charge is -2.34. The summed E-state index contributed by atoms with van der Waals surface area (Å²) in [5.74, 6) is -0.0914. The third-order valence-electron chi connectivity index (χ3n) is 4.40. The normalized spacial score (nSPS) is 14.3. The van der Waals surface area contributed by atoms with E-state index in [-0.39, 0.29) is 18.5 Å². The standard InChI is InChI=1S/C20H31N5O4/c1-20(2,3)29-19(28)23-14-16-6-4-15(5-7-16)13-22-18(27)25-10-8-24(9-11-25)17(26)12-21/h4-7H,8-14,21H2,1-3H3,(H,22,27)(H,23,28). The van der Waals surface area contributed by atoms with Crippen molar-refractivity contribution in [2.24, 2.45) is 5.73 Å². The second-order valence-electron chi connectivity index (χ2n) is 7.90. The molecule has 4 amide bonds. The average molecular weight is 405 g/mol. The zero-order valence-electron chi connectivity index (χ0n) is 17.4. The van der Waals surface area contributed by atoms with Crippen LogP contribution in [0.1, 0.15) is 31.9 Å². The fraction of sp³-hybridized carbons (Fsp3) is 0.550. The van der Waals surface area contributed by atoms with Crippen molar-refractivity contribution in [1.29, 1.82) is 0 Å². The molecule has 1 heterocycles. The summed E-state index contributed by atoms with van der Waals surface area (Å²) >= 11 is 0. The van der Waals surface area contributed by atoms with Crippen molar-refractivity contribution in [3.63, 3.8) is 0 Å². The lowest BCUT2D eigenvalue weighted by molar-refractivity contribution is -0.131. The van der Waals surface area contributed by atoms with E-state index in [1.54, 1.807) is 9.80 Å². The van der Waals surface area contributed by atoms with Gasteiger partial charge in [0.05, 0.1) is 6.54 Å². The lowest BCUT2D eigenvalue weighted by atomic mass is 10.1. The number of carbonyl (C=O) groups excluding carboxylic acids is 3. The minimum Gasteiger partial charge on any atom is -0.444 e. The highest BCUT2D eigenvalue weighted by atomic mass is 16.6. The predicted molar refractivity (Wildman–Crippen MR) is 109 cm³/mol. The van der Waals surface area contributed by atoms with E-state index in [0.717, 1.165) is 11.1 Å². The molecule has 1 aliphatic heterocycles. The first-order valence-corrected chi connectivity index (χ1v) is 9.73. The Morgan fingerprint density at radius 3 is 1.90 bits per heavy atom. The smallest absolute Gasteiger partial charge is 0.407 e. The van der Waals surface area contributed by atoms with Gasteiger partial charge in [-0.05, 0) is 31.9 Å². The number of nitrogens with two attached hydrogens (primary N) is 1. The maximum absolute atomic E-state index is 12.3. The van der Waals surface area contributed by atoms with Crippen LogP contribution in [-0.4, -0.2) is 66.2 Å². The first-order valence-electron chi connectivity index (χ1n) is 9.73. The van der Waals surface area contributed by atoms with Crippen LogP contribution in [0.4, 0.5) is 9.59 Å². The number of carbonyl (C=O) groups is 3. The first-order chi connectivity index (χ1) is 13.7. The topological polar surface area (TPSA) is 117 Å². The van der Waals surface area contributed by atoms with Crippen LogP contribution < -0.4 is 16.4 Å². The van der Waals surface area contributed by atoms with Crippen molar-refractivity contribution in [1.82, 2.24) is 20.4 Å². The van der Waals surface area contributed by atoms with Gasteiger partial charge in [-0.25, -0.2) is 9.59 Å². The van der Waals surface area contributed by atoms with Crippen LogP contribution in [0.2, 0.25) is 0 Å². The molecule has 0 atom stereocenters. The van der Waals surface area contributed by atoms with E-state index in [1.807, 2.05) is 45.0 Å². The quantitative estimate of drug-likeness (QED) is 0.676. The van der Waals surface area contributed by atoms with E-state index in [1.165, 1.54) is 0 Å². The number of urea groups is 1. The molecular formula is C20H31N5O4. The SMILES string of the molecule is CC(C)(C)OC(=O)NCc1ccc(CNC(=O)N2CCN(C(=O)CN)CC2)cc1. The molecule has 0 aromatic heterocycles. The van der Waals surface area contributed by atoms with Gasteiger partial charge in [0, 0.05) is 39.3 Å². The number of alkyl carbamates (subject to hydrolysis) is 1. The molecule has 4 N–H and O–H groups in total. The maximum atomic E-state index is 12.3. The molecule has 1 aromatic rings. The Labute approximate surface area is 171 Å². The second kappa shape index (κ2) is 10.1. The van der Waals surface area contributed by atoms with Gasteiger partial charge in [-0.15, -0.1) is 0 Å². The van der Waals surface area contributed by atoms with Gasteiger partial charge in [0.2, 0.25) is 5.91 Å². The van der Waals surface area contributed by atoms with Crippen LogP contribution in [0.25, 0.3) is 0 Å². The summed E-state index contributed by atoms with van der Waals surface area (Å²) in [7, 11) is 0. The highest BCUT2D eigenvalue weighted by Crippen LogP contribution is 2.08. The zero-order valence-corrected chi connectivity index (χ0v) is 17.4. The molecule has 1 fully saturated rings. The summed E-state index contributed by atoms with van der Waals surface area (Å²) in [5.41, 5.74) is 6.73. The molecule has 1 aliphatic rings. The lowest BCUT2D eigenvalue weighted by Crippen LogP contribution is -2.54. The van der Waals surface area contributed by atoms with Crippen LogP contribution in [0.3, 0.4) is 0 Å². The Morgan fingerprint density at radius 2 is 1.41 bits per heavy atom. The number of benzene rings is 1. The Bertz CT molecular complexity index is 707. The fourth-order valence-corrected chi connectivity index (χ4v) is 2.84. The third kappa shape index (κ3) is 7.61. The van der Waals surface area contributed by atoms with E-state index in [4.69, 9.17) is 10.5 Å². The van der Waals surface area contributed by atoms with Gasteiger partial charge in [0.15, 0.2) is 0 Å². The van der Waals surface area contributed by atoms with Crippen LogP contribution >= 0.6 is 0 Å². The molecule has 2 rings (SSSR count). The molecule has 29 heavy (non-hydrogen) atoms. The van der Waals surface area contributed by atoms with E-state index < -0.39 is 11.7 Å². The number of amides is 4. The zero-order chi connectivity index (χ0) is 21.4. The summed E-state index contributed by atoms with van der Waals surface area (Å²) < 4.78 is 5.20. The predicted octanol–water partition coefficient (Wildman–Crippen LogP) is 1.02. The summed E-state index contributed by atoms with van der Waals surface area (Å²) in [6.45, 7) is 8.20. The van der Waals surface area contributed by atoms with Crippen molar-refractivity contribution < 1.29 is 19.1 Å². The molecule has 0 spiro atoms. The minimum atomic E-state index is -0.529.